The minimum atomic E-state index is -0.353. The van der Waals surface area contributed by atoms with Gasteiger partial charge in [0.05, 0.1) is 46.4 Å². The summed E-state index contributed by atoms with van der Waals surface area (Å²) in [6, 6.07) is 15.1. The van der Waals surface area contributed by atoms with E-state index in [0.29, 0.717) is 59.5 Å². The Labute approximate surface area is 296 Å². The van der Waals surface area contributed by atoms with E-state index < -0.39 is 0 Å². The number of ether oxygens (including phenoxy) is 1. The largest absolute Gasteiger partial charge is 0.493 e. The lowest BCUT2D eigenvalue weighted by Crippen LogP contribution is -2.22. The van der Waals surface area contributed by atoms with Crippen molar-refractivity contribution in [3.8, 4) is 27.6 Å². The Kier molecular flexibility index (Phi) is 7.58. The molecule has 6 heterocycles. The first-order chi connectivity index (χ1) is 24.4. The third-order valence-electron chi connectivity index (χ3n) is 10.1. The van der Waals surface area contributed by atoms with Crippen LogP contribution in [0.25, 0.3) is 32.0 Å². The number of nitrogens with one attached hydrogen (secondary N) is 1. The third kappa shape index (κ3) is 5.05. The molecule has 1 aliphatic carbocycles. The number of pyridine rings is 2. The number of anilines is 1. The molecule has 1 amide bonds. The maximum atomic E-state index is 14.5. The van der Waals surface area contributed by atoms with E-state index in [-0.39, 0.29) is 23.8 Å². The number of carbonyl (C=O) groups excluding carboxylic acids is 1. The number of aromatic nitrogens is 4. The zero-order valence-corrected chi connectivity index (χ0v) is 29.0. The molecule has 0 bridgehead atoms. The molecular weight excluding hydrogens is 675 g/mol. The summed E-state index contributed by atoms with van der Waals surface area (Å²) in [6.45, 7) is 2.46. The fraction of sp³-hybridized carbons (Fsp3) is 0.289. The number of aryl methyl sites for hydroxylation is 3. The summed E-state index contributed by atoms with van der Waals surface area (Å²) < 4.78 is 27.0. The number of rotatable bonds is 8. The van der Waals surface area contributed by atoms with Crippen LogP contribution in [0.3, 0.4) is 0 Å². The van der Waals surface area contributed by atoms with E-state index in [1.807, 2.05) is 35.2 Å². The lowest BCUT2D eigenvalue weighted by Gasteiger charge is -2.16. The highest BCUT2D eigenvalue weighted by Gasteiger charge is 2.45. The number of amides is 1. The molecule has 3 aliphatic rings. The molecule has 2 atom stereocenters. The molecule has 9 nitrogen and oxygen atoms in total. The maximum Gasteiger partial charge on any atom is 0.257 e. The molecule has 1 saturated heterocycles. The van der Waals surface area contributed by atoms with Gasteiger partial charge in [-0.1, -0.05) is 29.8 Å². The second kappa shape index (κ2) is 12.2. The minimum absolute atomic E-state index is 0.0125. The van der Waals surface area contributed by atoms with Gasteiger partial charge in [0.1, 0.15) is 5.82 Å². The summed E-state index contributed by atoms with van der Waals surface area (Å²) in [5.74, 6) is 1.44. The van der Waals surface area contributed by atoms with Gasteiger partial charge in [0, 0.05) is 40.7 Å². The Morgan fingerprint density at radius 1 is 1.10 bits per heavy atom. The van der Waals surface area contributed by atoms with Crippen LogP contribution >= 0.6 is 22.9 Å². The molecule has 2 aliphatic heterocycles. The normalized spacial score (nSPS) is 17.8. The molecule has 0 saturated carbocycles. The number of fused-ring (bicyclic) bond motifs is 5. The van der Waals surface area contributed by atoms with Crippen LogP contribution in [-0.4, -0.2) is 44.6 Å². The van der Waals surface area contributed by atoms with Crippen molar-refractivity contribution in [1.82, 2.24) is 25.1 Å². The zero-order valence-electron chi connectivity index (χ0n) is 27.4. The van der Waals surface area contributed by atoms with Gasteiger partial charge in [0.2, 0.25) is 11.8 Å². The topological polar surface area (TPSA) is 106 Å². The molecule has 0 spiro atoms. The summed E-state index contributed by atoms with van der Waals surface area (Å²) in [4.78, 5) is 27.1. The van der Waals surface area contributed by atoms with Gasteiger partial charge >= 0.3 is 0 Å². The number of hydrogen-bond acceptors (Lipinski definition) is 9. The van der Waals surface area contributed by atoms with Gasteiger partial charge in [-0.15, -0.1) is 21.5 Å². The van der Waals surface area contributed by atoms with E-state index in [2.05, 4.69) is 27.6 Å². The van der Waals surface area contributed by atoms with Crippen molar-refractivity contribution in [3.63, 3.8) is 0 Å². The van der Waals surface area contributed by atoms with Crippen LogP contribution < -0.4 is 10.1 Å². The van der Waals surface area contributed by atoms with Crippen molar-refractivity contribution in [2.45, 2.75) is 57.5 Å². The zero-order chi connectivity index (χ0) is 34.1. The second-order valence-corrected chi connectivity index (χ2v) is 14.5. The van der Waals surface area contributed by atoms with Crippen LogP contribution in [0.15, 0.2) is 59.1 Å². The first kappa shape index (κ1) is 31.1. The van der Waals surface area contributed by atoms with Crippen molar-refractivity contribution in [2.75, 3.05) is 19.0 Å². The number of nitrogens with zero attached hydrogens (tertiary/aromatic N) is 5. The first-order valence-corrected chi connectivity index (χ1v) is 18.0. The van der Waals surface area contributed by atoms with E-state index in [9.17, 15) is 9.18 Å². The van der Waals surface area contributed by atoms with Crippen molar-refractivity contribution in [2.24, 2.45) is 0 Å². The quantitative estimate of drug-likeness (QED) is 0.168. The molecule has 0 radical (unpaired) electrons. The number of thiophene rings is 1. The predicted octanol–water partition coefficient (Wildman–Crippen LogP) is 8.69. The van der Waals surface area contributed by atoms with Gasteiger partial charge in [0.25, 0.3) is 5.91 Å². The van der Waals surface area contributed by atoms with Gasteiger partial charge < -0.3 is 19.4 Å². The summed E-state index contributed by atoms with van der Waals surface area (Å²) in [6.07, 6.45) is 6.37. The van der Waals surface area contributed by atoms with E-state index >= 15 is 0 Å². The standard InChI is InChI=1S/C38H32ClFN6O3S/c1-19-44-45-37(49-19)30-27(12-8-20-5-3-6-22(39)17-20)42-33-28-7-4-16-46(28)38(47)32(33)31(30)29-18-21-14-15-41-36(35(21)50-29)43-26-13-10-24-23(26)9-11-25(40)34(24)48-2/h3,5-6,9,11,14-15,17-18,26,28H,4,7-8,10,12-13,16H2,1-2H3,(H,41,43)/t26-,28+/m0/s1. The Morgan fingerprint density at radius 3 is 2.82 bits per heavy atom. The van der Waals surface area contributed by atoms with Gasteiger partial charge in [0.15, 0.2) is 11.6 Å². The molecule has 9 rings (SSSR count). The maximum absolute atomic E-state index is 14.5. The van der Waals surface area contributed by atoms with Crippen LogP contribution in [0, 0.1) is 12.7 Å². The van der Waals surface area contributed by atoms with Crippen LogP contribution in [0.1, 0.15) is 75.7 Å². The second-order valence-electron chi connectivity index (χ2n) is 13.1. The summed E-state index contributed by atoms with van der Waals surface area (Å²) in [7, 11) is 1.51. The average molecular weight is 707 g/mol. The number of carbonyl (C=O) groups is 1. The first-order valence-electron chi connectivity index (χ1n) is 16.8. The molecule has 2 aromatic carbocycles. The molecule has 12 heteroatoms. The SMILES string of the molecule is COc1c(F)ccc2c1CC[C@@H]2Nc1nccc2cc(-c3c4c(nc(CCc5cccc(Cl)c5)c3-c3nnc(C)o3)[C@H]3CCCN3C4=O)sc12. The van der Waals surface area contributed by atoms with Crippen LogP contribution in [0.4, 0.5) is 10.2 Å². The van der Waals surface area contributed by atoms with Crippen molar-refractivity contribution in [1.29, 1.82) is 0 Å². The molecule has 0 unspecified atom stereocenters. The van der Waals surface area contributed by atoms with Gasteiger partial charge in [-0.2, -0.15) is 0 Å². The Hall–Kier alpha value is -4.87. The van der Waals surface area contributed by atoms with Gasteiger partial charge in [-0.25, -0.2) is 9.37 Å². The Morgan fingerprint density at radius 2 is 2.00 bits per heavy atom. The highest BCUT2D eigenvalue weighted by atomic mass is 35.5. The molecule has 1 N–H and O–H groups in total. The fourth-order valence-electron chi connectivity index (χ4n) is 7.93. The van der Waals surface area contributed by atoms with E-state index in [0.717, 1.165) is 73.7 Å². The van der Waals surface area contributed by atoms with Crippen molar-refractivity contribution < 1.29 is 18.3 Å². The van der Waals surface area contributed by atoms with Crippen molar-refractivity contribution >= 4 is 44.7 Å². The number of benzene rings is 2. The smallest absolute Gasteiger partial charge is 0.257 e. The molecular formula is C38H32ClFN6O3S. The number of hydrogen-bond donors (Lipinski definition) is 1. The van der Waals surface area contributed by atoms with Gasteiger partial charge in [-0.05, 0) is 85.4 Å². The van der Waals surface area contributed by atoms with Crippen LogP contribution in [-0.2, 0) is 19.3 Å². The number of methoxy groups -OCH3 is 1. The highest BCUT2D eigenvalue weighted by Crippen LogP contribution is 2.51. The average Bonchev–Trinajstić information content (AvgIpc) is 3.95. The lowest BCUT2D eigenvalue weighted by molar-refractivity contribution is 0.0776. The lowest BCUT2D eigenvalue weighted by atomic mass is 9.93. The van der Waals surface area contributed by atoms with Crippen molar-refractivity contribution in [3.05, 3.63) is 105 Å². The molecule has 6 aromatic rings. The fourth-order valence-corrected chi connectivity index (χ4v) is 9.31. The summed E-state index contributed by atoms with van der Waals surface area (Å²) in [5, 5.41) is 14.0. The number of halogens is 2. The predicted molar refractivity (Wildman–Crippen MR) is 190 cm³/mol. The van der Waals surface area contributed by atoms with Crippen LogP contribution in [0.5, 0.6) is 5.75 Å². The Bertz CT molecular complexity index is 2340. The Balaban J connectivity index is 1.20. The van der Waals surface area contributed by atoms with E-state index in [1.165, 1.54) is 13.2 Å². The molecule has 252 valence electrons. The molecule has 4 aromatic heterocycles. The summed E-state index contributed by atoms with van der Waals surface area (Å²) >= 11 is 7.92. The van der Waals surface area contributed by atoms with Crippen LogP contribution in [0.2, 0.25) is 5.02 Å². The molecule has 1 fully saturated rings. The highest BCUT2D eigenvalue weighted by molar-refractivity contribution is 7.23. The van der Waals surface area contributed by atoms with E-state index in [4.69, 9.17) is 30.7 Å². The molecule has 50 heavy (non-hydrogen) atoms. The minimum Gasteiger partial charge on any atom is -0.493 e. The van der Waals surface area contributed by atoms with Gasteiger partial charge in [-0.3, -0.25) is 9.78 Å². The monoisotopic (exact) mass is 706 g/mol. The van der Waals surface area contributed by atoms with E-state index in [1.54, 1.807) is 24.5 Å². The summed E-state index contributed by atoms with van der Waals surface area (Å²) in [5.41, 5.74) is 6.69. The third-order valence-corrected chi connectivity index (χ3v) is 11.5.